The van der Waals surface area contributed by atoms with E-state index in [1.54, 1.807) is 0 Å². The molecule has 0 aromatic carbocycles. The molecule has 1 N–H and O–H groups in total. The highest BCUT2D eigenvalue weighted by molar-refractivity contribution is 6.17. The molecule has 0 bridgehead atoms. The average Bonchev–Trinajstić information content (AvgIpc) is 2.65. The molecule has 0 radical (unpaired) electrons. The van der Waals surface area contributed by atoms with Gasteiger partial charge in [-0.15, -0.1) is 11.6 Å². The fourth-order valence-electron chi connectivity index (χ4n) is 1.76. The molecule has 82 valence electrons. The zero-order valence-corrected chi connectivity index (χ0v) is 9.35. The molecule has 2 unspecified atom stereocenters. The number of hydrogen-bond acceptors (Lipinski definition) is 2. The van der Waals surface area contributed by atoms with Crippen molar-refractivity contribution in [2.75, 3.05) is 19.0 Å². The Balaban J connectivity index is 2.28. The van der Waals surface area contributed by atoms with Gasteiger partial charge < -0.3 is 10.1 Å². The molecule has 14 heavy (non-hydrogen) atoms. The van der Waals surface area contributed by atoms with Gasteiger partial charge in [-0.2, -0.15) is 0 Å². The molecule has 1 aliphatic heterocycles. The lowest BCUT2D eigenvalue weighted by atomic mass is 9.99. The van der Waals surface area contributed by atoms with Crippen molar-refractivity contribution >= 4 is 17.5 Å². The molecule has 1 amide bonds. The smallest absolute Gasteiger partial charge is 0.225 e. The maximum Gasteiger partial charge on any atom is 0.225 e. The predicted molar refractivity (Wildman–Crippen MR) is 56.5 cm³/mol. The fraction of sp³-hybridized carbons (Fsp3) is 0.900. The Morgan fingerprint density at radius 1 is 1.64 bits per heavy atom. The Morgan fingerprint density at radius 3 is 3.07 bits per heavy atom. The molecule has 1 rings (SSSR count). The van der Waals surface area contributed by atoms with Crippen molar-refractivity contribution in [1.29, 1.82) is 0 Å². The summed E-state index contributed by atoms with van der Waals surface area (Å²) in [4.78, 5) is 11.7. The maximum absolute atomic E-state index is 11.7. The highest BCUT2D eigenvalue weighted by atomic mass is 35.5. The minimum absolute atomic E-state index is 0.0512. The molecule has 4 heteroatoms. The van der Waals surface area contributed by atoms with Crippen LogP contribution >= 0.6 is 11.6 Å². The number of carbonyl (C=O) groups is 1. The molecule has 2 atom stereocenters. The summed E-state index contributed by atoms with van der Waals surface area (Å²) in [5.41, 5.74) is 0. The van der Waals surface area contributed by atoms with Crippen LogP contribution in [0, 0.1) is 5.92 Å². The molecule has 1 heterocycles. The number of amides is 1. The molecule has 0 spiro atoms. The third-order valence-corrected chi connectivity index (χ3v) is 2.83. The van der Waals surface area contributed by atoms with E-state index in [1.165, 1.54) is 0 Å². The molecule has 1 saturated heterocycles. The van der Waals surface area contributed by atoms with Crippen molar-refractivity contribution in [1.82, 2.24) is 5.32 Å². The highest BCUT2D eigenvalue weighted by Gasteiger charge is 2.32. The van der Waals surface area contributed by atoms with Gasteiger partial charge in [0.15, 0.2) is 0 Å². The number of halogens is 1. The van der Waals surface area contributed by atoms with Gasteiger partial charge in [0.1, 0.15) is 0 Å². The van der Waals surface area contributed by atoms with Crippen LogP contribution in [0.3, 0.4) is 0 Å². The van der Waals surface area contributed by atoms with Crippen LogP contribution in [-0.4, -0.2) is 31.0 Å². The predicted octanol–water partition coefficient (Wildman–Crippen LogP) is 1.55. The van der Waals surface area contributed by atoms with Crippen molar-refractivity contribution in [2.24, 2.45) is 5.92 Å². The molecule has 0 saturated carbocycles. The molecular formula is C10H18ClNO2. The largest absolute Gasteiger partial charge is 0.377 e. The third-order valence-electron chi connectivity index (χ3n) is 2.56. The van der Waals surface area contributed by atoms with E-state index in [0.29, 0.717) is 19.0 Å². The average molecular weight is 220 g/mol. The van der Waals surface area contributed by atoms with E-state index in [9.17, 15) is 4.79 Å². The van der Waals surface area contributed by atoms with Crippen LogP contribution in [0.25, 0.3) is 0 Å². The number of ether oxygens (including phenoxy) is 1. The quantitative estimate of drug-likeness (QED) is 0.563. The van der Waals surface area contributed by atoms with Crippen LogP contribution in [0.1, 0.15) is 26.2 Å². The van der Waals surface area contributed by atoms with Crippen LogP contribution in [0.4, 0.5) is 0 Å². The summed E-state index contributed by atoms with van der Waals surface area (Å²) in [6.07, 6.45) is 2.71. The minimum atomic E-state index is 0.0512. The number of hydrogen-bond donors (Lipinski definition) is 1. The van der Waals surface area contributed by atoms with Gasteiger partial charge >= 0.3 is 0 Å². The Kier molecular flexibility index (Phi) is 5.26. The Hall–Kier alpha value is -0.280. The molecule has 0 aliphatic carbocycles. The van der Waals surface area contributed by atoms with Gasteiger partial charge in [0.25, 0.3) is 0 Å². The van der Waals surface area contributed by atoms with E-state index >= 15 is 0 Å². The number of carbonyl (C=O) groups excluding carboxylic acids is 1. The lowest BCUT2D eigenvalue weighted by Crippen LogP contribution is -2.35. The van der Waals surface area contributed by atoms with Crippen molar-refractivity contribution in [3.8, 4) is 0 Å². The lowest BCUT2D eigenvalue weighted by molar-refractivity contribution is -0.126. The van der Waals surface area contributed by atoms with Crippen LogP contribution in [-0.2, 0) is 9.53 Å². The van der Waals surface area contributed by atoms with E-state index < -0.39 is 0 Å². The van der Waals surface area contributed by atoms with Gasteiger partial charge in [0.2, 0.25) is 5.91 Å². The summed E-state index contributed by atoms with van der Waals surface area (Å²) in [5.74, 6) is 0.772. The molecule has 0 aromatic rings. The van der Waals surface area contributed by atoms with Gasteiger partial charge in [-0.1, -0.05) is 6.92 Å². The second-order valence-corrected chi connectivity index (χ2v) is 3.92. The van der Waals surface area contributed by atoms with Crippen LogP contribution < -0.4 is 5.32 Å². The topological polar surface area (TPSA) is 38.3 Å². The summed E-state index contributed by atoms with van der Waals surface area (Å²) < 4.78 is 5.46. The maximum atomic E-state index is 11.7. The van der Waals surface area contributed by atoms with Gasteiger partial charge in [-0.05, 0) is 19.3 Å². The Bertz CT molecular complexity index is 187. The Labute approximate surface area is 90.1 Å². The van der Waals surface area contributed by atoms with Crippen LogP contribution in [0.5, 0.6) is 0 Å². The van der Waals surface area contributed by atoms with Gasteiger partial charge in [0, 0.05) is 19.0 Å². The normalized spacial score (nSPS) is 26.4. The zero-order valence-electron chi connectivity index (χ0n) is 8.59. The fourth-order valence-corrected chi connectivity index (χ4v) is 1.89. The summed E-state index contributed by atoms with van der Waals surface area (Å²) in [7, 11) is 0. The number of nitrogens with one attached hydrogen (secondary N) is 1. The molecule has 0 aromatic heterocycles. The minimum Gasteiger partial charge on any atom is -0.377 e. The third kappa shape index (κ3) is 3.14. The standard InChI is InChI=1S/C10H18ClNO2/c1-2-9-8(4-7-14-9)10(13)12-6-3-5-11/h8-9H,2-7H2,1H3,(H,12,13). The van der Waals surface area contributed by atoms with E-state index in [1.807, 2.05) is 0 Å². The number of rotatable bonds is 5. The molecular weight excluding hydrogens is 202 g/mol. The van der Waals surface area contributed by atoms with E-state index in [-0.39, 0.29) is 17.9 Å². The van der Waals surface area contributed by atoms with E-state index in [2.05, 4.69) is 12.2 Å². The second kappa shape index (κ2) is 6.25. The first-order valence-corrected chi connectivity index (χ1v) is 5.78. The first-order chi connectivity index (χ1) is 6.79. The molecule has 3 nitrogen and oxygen atoms in total. The van der Waals surface area contributed by atoms with Gasteiger partial charge in [-0.3, -0.25) is 4.79 Å². The van der Waals surface area contributed by atoms with Crippen molar-refractivity contribution < 1.29 is 9.53 Å². The highest BCUT2D eigenvalue weighted by Crippen LogP contribution is 2.23. The summed E-state index contributed by atoms with van der Waals surface area (Å²) >= 11 is 5.52. The summed E-state index contributed by atoms with van der Waals surface area (Å²) in [6, 6.07) is 0. The first-order valence-electron chi connectivity index (χ1n) is 5.24. The van der Waals surface area contributed by atoms with Gasteiger partial charge in [0.05, 0.1) is 12.0 Å². The monoisotopic (exact) mass is 219 g/mol. The van der Waals surface area contributed by atoms with Crippen molar-refractivity contribution in [3.05, 3.63) is 0 Å². The second-order valence-electron chi connectivity index (χ2n) is 3.55. The van der Waals surface area contributed by atoms with Gasteiger partial charge in [-0.25, -0.2) is 0 Å². The first kappa shape index (κ1) is 11.8. The van der Waals surface area contributed by atoms with Crippen LogP contribution in [0.2, 0.25) is 0 Å². The van der Waals surface area contributed by atoms with E-state index in [0.717, 1.165) is 19.3 Å². The molecule has 1 fully saturated rings. The lowest BCUT2D eigenvalue weighted by Gasteiger charge is -2.16. The summed E-state index contributed by atoms with van der Waals surface area (Å²) in [5, 5.41) is 2.89. The van der Waals surface area contributed by atoms with Crippen LogP contribution in [0.15, 0.2) is 0 Å². The number of alkyl halides is 1. The van der Waals surface area contributed by atoms with Crippen molar-refractivity contribution in [2.45, 2.75) is 32.3 Å². The zero-order chi connectivity index (χ0) is 10.4. The SMILES string of the molecule is CCC1OCCC1C(=O)NCCCCl. The molecule has 1 aliphatic rings. The van der Waals surface area contributed by atoms with Crippen molar-refractivity contribution in [3.63, 3.8) is 0 Å². The van der Waals surface area contributed by atoms with E-state index in [4.69, 9.17) is 16.3 Å². The Morgan fingerprint density at radius 2 is 2.43 bits per heavy atom. The summed E-state index contributed by atoms with van der Waals surface area (Å²) in [6.45, 7) is 3.44.